The monoisotopic (exact) mass is 280 g/mol. The molecular weight excluding hydrogens is 268 g/mol. The van der Waals surface area contributed by atoms with Gasteiger partial charge in [-0.1, -0.05) is 0 Å². The number of amides is 1. The second kappa shape index (κ2) is 5.54. The molecule has 0 unspecified atom stereocenters. The smallest absolute Gasteiger partial charge is 0.257 e. The van der Waals surface area contributed by atoms with E-state index in [0.717, 1.165) is 5.75 Å². The van der Waals surface area contributed by atoms with Crippen LogP contribution in [0.1, 0.15) is 10.4 Å². The van der Waals surface area contributed by atoms with Crippen LogP contribution in [-0.2, 0) is 0 Å². The molecule has 0 radical (unpaired) electrons. The number of hydrogen-bond acceptors (Lipinski definition) is 5. The quantitative estimate of drug-likeness (QED) is 0.796. The molecular formula is C15H12N4O2. The van der Waals surface area contributed by atoms with E-state index in [0.29, 0.717) is 22.4 Å². The number of anilines is 1. The first-order valence-corrected chi connectivity index (χ1v) is 6.28. The minimum atomic E-state index is -0.250. The summed E-state index contributed by atoms with van der Waals surface area (Å²) >= 11 is 0. The summed E-state index contributed by atoms with van der Waals surface area (Å²) in [4.78, 5) is 24.5. The summed E-state index contributed by atoms with van der Waals surface area (Å²) in [5.74, 6) is 0.482. The van der Waals surface area contributed by atoms with Gasteiger partial charge in [-0.3, -0.25) is 9.78 Å². The van der Waals surface area contributed by atoms with Gasteiger partial charge in [-0.25, -0.2) is 9.97 Å². The van der Waals surface area contributed by atoms with Crippen LogP contribution >= 0.6 is 0 Å². The van der Waals surface area contributed by atoms with E-state index in [1.807, 2.05) is 0 Å². The van der Waals surface area contributed by atoms with E-state index in [1.54, 1.807) is 49.8 Å². The topological polar surface area (TPSA) is 77.0 Å². The third-order valence-electron chi connectivity index (χ3n) is 2.93. The molecule has 2 heterocycles. The highest BCUT2D eigenvalue weighted by atomic mass is 16.5. The largest absolute Gasteiger partial charge is 0.497 e. The number of benzene rings is 1. The standard InChI is InChI=1S/C15H12N4O2/c1-21-12-4-2-11(3-5-12)19-15(20)10-8-13-14(18-9-10)17-7-6-16-13/h2-9H,1H3,(H,19,20). The molecule has 0 aliphatic carbocycles. The highest BCUT2D eigenvalue weighted by Crippen LogP contribution is 2.16. The Morgan fingerprint density at radius 2 is 1.86 bits per heavy atom. The summed E-state index contributed by atoms with van der Waals surface area (Å²) in [7, 11) is 1.59. The molecule has 0 atom stereocenters. The summed E-state index contributed by atoms with van der Waals surface area (Å²) in [6.45, 7) is 0. The minimum Gasteiger partial charge on any atom is -0.497 e. The molecule has 0 bridgehead atoms. The Labute approximate surface area is 120 Å². The number of nitrogens with zero attached hydrogens (tertiary/aromatic N) is 3. The van der Waals surface area contributed by atoms with Gasteiger partial charge < -0.3 is 10.1 Å². The van der Waals surface area contributed by atoms with Gasteiger partial charge in [0.2, 0.25) is 0 Å². The third-order valence-corrected chi connectivity index (χ3v) is 2.93. The summed E-state index contributed by atoms with van der Waals surface area (Å²) in [6, 6.07) is 8.75. The zero-order valence-corrected chi connectivity index (χ0v) is 11.3. The fourth-order valence-corrected chi connectivity index (χ4v) is 1.86. The van der Waals surface area contributed by atoms with Gasteiger partial charge in [-0.2, -0.15) is 0 Å². The van der Waals surface area contributed by atoms with Crippen LogP contribution in [0, 0.1) is 0 Å². The number of aromatic nitrogens is 3. The van der Waals surface area contributed by atoms with Gasteiger partial charge in [0.05, 0.1) is 12.7 Å². The van der Waals surface area contributed by atoms with Crippen molar-refractivity contribution in [3.63, 3.8) is 0 Å². The maximum absolute atomic E-state index is 12.2. The number of pyridine rings is 1. The number of fused-ring (bicyclic) bond motifs is 1. The van der Waals surface area contributed by atoms with E-state index >= 15 is 0 Å². The predicted molar refractivity (Wildman–Crippen MR) is 78.3 cm³/mol. The molecule has 2 aromatic heterocycles. The molecule has 6 nitrogen and oxygen atoms in total. The van der Waals surface area contributed by atoms with Crippen LogP contribution in [0.4, 0.5) is 5.69 Å². The zero-order valence-electron chi connectivity index (χ0n) is 11.3. The molecule has 21 heavy (non-hydrogen) atoms. The molecule has 3 rings (SSSR count). The van der Waals surface area contributed by atoms with Crippen LogP contribution in [0.25, 0.3) is 11.2 Å². The lowest BCUT2D eigenvalue weighted by Crippen LogP contribution is -2.12. The highest BCUT2D eigenvalue weighted by Gasteiger charge is 2.08. The van der Waals surface area contributed by atoms with Gasteiger partial charge in [0.15, 0.2) is 5.65 Å². The lowest BCUT2D eigenvalue weighted by molar-refractivity contribution is 0.102. The average molecular weight is 280 g/mol. The van der Waals surface area contributed by atoms with Gasteiger partial charge >= 0.3 is 0 Å². The molecule has 0 saturated carbocycles. The van der Waals surface area contributed by atoms with Gasteiger partial charge in [0.1, 0.15) is 11.3 Å². The Morgan fingerprint density at radius 3 is 2.62 bits per heavy atom. The van der Waals surface area contributed by atoms with Crippen LogP contribution in [0.3, 0.4) is 0 Å². The number of carbonyl (C=O) groups excluding carboxylic acids is 1. The van der Waals surface area contributed by atoms with Crippen LogP contribution < -0.4 is 10.1 Å². The second-order valence-electron chi connectivity index (χ2n) is 4.31. The van der Waals surface area contributed by atoms with Gasteiger partial charge in [0, 0.05) is 24.3 Å². The summed E-state index contributed by atoms with van der Waals surface area (Å²) < 4.78 is 5.07. The molecule has 104 valence electrons. The van der Waals surface area contributed by atoms with Crippen LogP contribution in [0.2, 0.25) is 0 Å². The van der Waals surface area contributed by atoms with E-state index in [9.17, 15) is 4.79 Å². The highest BCUT2D eigenvalue weighted by molar-refractivity contribution is 6.05. The maximum Gasteiger partial charge on any atom is 0.257 e. The van der Waals surface area contributed by atoms with Crippen LogP contribution in [0.5, 0.6) is 5.75 Å². The first-order chi connectivity index (χ1) is 10.3. The minimum absolute atomic E-state index is 0.250. The SMILES string of the molecule is COc1ccc(NC(=O)c2cnc3nccnc3c2)cc1. The van der Waals surface area contributed by atoms with Crippen molar-refractivity contribution in [2.75, 3.05) is 12.4 Å². The van der Waals surface area contributed by atoms with Gasteiger partial charge in [-0.15, -0.1) is 0 Å². The van der Waals surface area contributed by atoms with Crippen molar-refractivity contribution < 1.29 is 9.53 Å². The molecule has 1 amide bonds. The summed E-state index contributed by atoms with van der Waals surface area (Å²) in [5, 5.41) is 2.79. The number of rotatable bonds is 3. The Balaban J connectivity index is 1.82. The number of ether oxygens (including phenoxy) is 1. The van der Waals surface area contributed by atoms with E-state index in [4.69, 9.17) is 4.74 Å². The van der Waals surface area contributed by atoms with Crippen LogP contribution in [0.15, 0.2) is 48.9 Å². The third kappa shape index (κ3) is 2.79. The number of carbonyl (C=O) groups is 1. The Hall–Kier alpha value is -3.02. The summed E-state index contributed by atoms with van der Waals surface area (Å²) in [5.41, 5.74) is 2.21. The molecule has 0 spiro atoms. The molecule has 3 aromatic rings. The second-order valence-corrected chi connectivity index (χ2v) is 4.31. The number of hydrogen-bond donors (Lipinski definition) is 1. The first kappa shape index (κ1) is 13.0. The molecule has 1 aromatic carbocycles. The Kier molecular flexibility index (Phi) is 3.42. The van der Waals surface area contributed by atoms with Crippen LogP contribution in [-0.4, -0.2) is 28.0 Å². The van der Waals surface area contributed by atoms with Crippen molar-refractivity contribution in [2.45, 2.75) is 0 Å². The van der Waals surface area contributed by atoms with E-state index in [2.05, 4.69) is 20.3 Å². The first-order valence-electron chi connectivity index (χ1n) is 6.28. The van der Waals surface area contributed by atoms with Crippen molar-refractivity contribution in [3.8, 4) is 5.75 Å². The van der Waals surface area contributed by atoms with E-state index in [-0.39, 0.29) is 5.91 Å². The van der Waals surface area contributed by atoms with Gasteiger partial charge in [0.25, 0.3) is 5.91 Å². The molecule has 0 saturated heterocycles. The molecule has 0 fully saturated rings. The van der Waals surface area contributed by atoms with Crippen molar-refractivity contribution in [2.24, 2.45) is 0 Å². The fraction of sp³-hybridized carbons (Fsp3) is 0.0667. The lowest BCUT2D eigenvalue weighted by atomic mass is 10.2. The number of methoxy groups -OCH3 is 1. The average Bonchev–Trinajstić information content (AvgIpc) is 2.55. The molecule has 6 heteroatoms. The lowest BCUT2D eigenvalue weighted by Gasteiger charge is -2.06. The van der Waals surface area contributed by atoms with E-state index < -0.39 is 0 Å². The summed E-state index contributed by atoms with van der Waals surface area (Å²) in [6.07, 6.45) is 4.61. The van der Waals surface area contributed by atoms with Crippen molar-refractivity contribution in [3.05, 3.63) is 54.5 Å². The predicted octanol–water partition coefficient (Wildman–Crippen LogP) is 2.29. The fourth-order valence-electron chi connectivity index (χ4n) is 1.86. The van der Waals surface area contributed by atoms with Crippen molar-refractivity contribution >= 4 is 22.8 Å². The Morgan fingerprint density at radius 1 is 1.10 bits per heavy atom. The van der Waals surface area contributed by atoms with Crippen molar-refractivity contribution in [1.82, 2.24) is 15.0 Å². The van der Waals surface area contributed by atoms with E-state index in [1.165, 1.54) is 6.20 Å². The molecule has 0 aliphatic rings. The van der Waals surface area contributed by atoms with Gasteiger partial charge in [-0.05, 0) is 30.3 Å². The number of nitrogens with one attached hydrogen (secondary N) is 1. The molecule has 1 N–H and O–H groups in total. The Bertz CT molecular complexity index is 787. The zero-order chi connectivity index (χ0) is 14.7. The normalized spacial score (nSPS) is 10.3. The van der Waals surface area contributed by atoms with Crippen molar-refractivity contribution in [1.29, 1.82) is 0 Å². The maximum atomic E-state index is 12.2. The molecule has 0 aliphatic heterocycles.